The molecule has 1 aliphatic rings. The van der Waals surface area contributed by atoms with Gasteiger partial charge in [-0.2, -0.15) is 5.10 Å². The molecular weight excluding hydrogens is 330 g/mol. The number of carbonyl (C=O) groups is 1. The number of piperidine rings is 1. The van der Waals surface area contributed by atoms with Crippen LogP contribution in [-0.2, 0) is 7.05 Å². The minimum absolute atomic E-state index is 0.0834. The number of aromatic nitrogens is 2. The molecule has 1 aromatic heterocycles. The van der Waals surface area contributed by atoms with Crippen LogP contribution in [0.1, 0.15) is 40.0 Å². The molecule has 0 aliphatic carbocycles. The average Bonchev–Trinajstić information content (AvgIpc) is 2.94. The maximum Gasteiger partial charge on any atom is 0.257 e. The molecule has 1 saturated heterocycles. The monoisotopic (exact) mass is 357 g/mol. The van der Waals surface area contributed by atoms with Crippen LogP contribution in [0, 0.1) is 20.8 Å². The molecule has 3 rings (SSSR count). The highest BCUT2D eigenvalue weighted by molar-refractivity contribution is 5.95. The number of β-amino-alcohol motifs (C(OH)–C–C–N with tert-alkyl or cyclic N) is 1. The minimum Gasteiger partial charge on any atom is -0.491 e. The summed E-state index contributed by atoms with van der Waals surface area (Å²) in [4.78, 5) is 14.5. The molecule has 140 valence electrons. The second-order valence-corrected chi connectivity index (χ2v) is 7.39. The summed E-state index contributed by atoms with van der Waals surface area (Å²) < 4.78 is 7.48. The smallest absolute Gasteiger partial charge is 0.257 e. The molecule has 1 amide bonds. The van der Waals surface area contributed by atoms with E-state index in [1.807, 2.05) is 32.0 Å². The Balaban J connectivity index is 1.67. The number of benzene rings is 1. The number of aryl methyl sites for hydroxylation is 4. The van der Waals surface area contributed by atoms with Gasteiger partial charge in [0.15, 0.2) is 0 Å². The van der Waals surface area contributed by atoms with Crippen molar-refractivity contribution >= 4 is 5.91 Å². The molecule has 1 N–H and O–H groups in total. The van der Waals surface area contributed by atoms with Crippen LogP contribution >= 0.6 is 0 Å². The molecule has 6 nitrogen and oxygen atoms in total. The third-order valence-electron chi connectivity index (χ3n) is 5.07. The van der Waals surface area contributed by atoms with Gasteiger partial charge >= 0.3 is 0 Å². The van der Waals surface area contributed by atoms with E-state index in [1.165, 1.54) is 5.56 Å². The van der Waals surface area contributed by atoms with Crippen molar-refractivity contribution in [2.24, 2.45) is 7.05 Å². The van der Waals surface area contributed by atoms with Crippen molar-refractivity contribution in [2.75, 3.05) is 19.7 Å². The van der Waals surface area contributed by atoms with Crippen molar-refractivity contribution in [3.05, 3.63) is 46.8 Å². The lowest BCUT2D eigenvalue weighted by molar-refractivity contribution is -0.0532. The van der Waals surface area contributed by atoms with Gasteiger partial charge in [0.05, 0.1) is 17.8 Å². The highest BCUT2D eigenvalue weighted by atomic mass is 16.5. The Hall–Kier alpha value is -2.34. The van der Waals surface area contributed by atoms with Gasteiger partial charge in [-0.25, -0.2) is 0 Å². The van der Waals surface area contributed by atoms with Gasteiger partial charge in [-0.3, -0.25) is 9.48 Å². The maximum atomic E-state index is 12.8. The van der Waals surface area contributed by atoms with Crippen molar-refractivity contribution in [1.82, 2.24) is 14.7 Å². The fraction of sp³-hybridized carbons (Fsp3) is 0.500. The van der Waals surface area contributed by atoms with Crippen LogP contribution in [0.2, 0.25) is 0 Å². The van der Waals surface area contributed by atoms with Crippen LogP contribution in [0.25, 0.3) is 0 Å². The molecule has 2 heterocycles. The zero-order chi connectivity index (χ0) is 18.9. The van der Waals surface area contributed by atoms with Gasteiger partial charge in [-0.15, -0.1) is 0 Å². The lowest BCUT2D eigenvalue weighted by Gasteiger charge is -2.38. The van der Waals surface area contributed by atoms with E-state index in [0.29, 0.717) is 24.2 Å². The third kappa shape index (κ3) is 3.90. The van der Waals surface area contributed by atoms with E-state index in [0.717, 1.165) is 17.7 Å². The van der Waals surface area contributed by atoms with Gasteiger partial charge in [0.2, 0.25) is 0 Å². The standard InChI is InChI=1S/C20H27N3O3/c1-14-6-7-17(10-15(14)2)26-13-20(25)8-5-9-23(12-20)19(24)18-11-22(4)21-16(18)3/h6-7,10-11,25H,5,8-9,12-13H2,1-4H3. The second-order valence-electron chi connectivity index (χ2n) is 7.39. The largest absolute Gasteiger partial charge is 0.491 e. The first-order valence-corrected chi connectivity index (χ1v) is 8.99. The molecule has 6 heteroatoms. The lowest BCUT2D eigenvalue weighted by atomic mass is 9.93. The highest BCUT2D eigenvalue weighted by Crippen LogP contribution is 2.25. The van der Waals surface area contributed by atoms with Crippen molar-refractivity contribution in [1.29, 1.82) is 0 Å². The normalized spacial score (nSPS) is 20.3. The SMILES string of the molecule is Cc1ccc(OCC2(O)CCCN(C(=O)c3cn(C)nc3C)C2)cc1C. The maximum absolute atomic E-state index is 12.8. The third-order valence-corrected chi connectivity index (χ3v) is 5.07. The lowest BCUT2D eigenvalue weighted by Crippen LogP contribution is -2.53. The molecule has 0 saturated carbocycles. The van der Waals surface area contributed by atoms with Gasteiger partial charge in [0.25, 0.3) is 5.91 Å². The number of ether oxygens (including phenoxy) is 1. The molecule has 0 bridgehead atoms. The first-order valence-electron chi connectivity index (χ1n) is 8.99. The Morgan fingerprint density at radius 2 is 2.08 bits per heavy atom. The van der Waals surface area contributed by atoms with Crippen molar-refractivity contribution in [2.45, 2.75) is 39.2 Å². The molecular formula is C20H27N3O3. The Morgan fingerprint density at radius 3 is 2.73 bits per heavy atom. The summed E-state index contributed by atoms with van der Waals surface area (Å²) in [6, 6.07) is 5.90. The van der Waals surface area contributed by atoms with Gasteiger partial charge < -0.3 is 14.7 Å². The number of hydrogen-bond donors (Lipinski definition) is 1. The predicted octanol–water partition coefficient (Wildman–Crippen LogP) is 2.39. The molecule has 0 spiro atoms. The van der Waals surface area contributed by atoms with Gasteiger partial charge in [0, 0.05) is 19.8 Å². The average molecular weight is 357 g/mol. The van der Waals surface area contributed by atoms with Crippen LogP contribution in [0.4, 0.5) is 0 Å². The quantitative estimate of drug-likeness (QED) is 0.912. The predicted molar refractivity (Wildman–Crippen MR) is 99.4 cm³/mol. The van der Waals surface area contributed by atoms with Gasteiger partial charge in [0.1, 0.15) is 18.0 Å². The number of carbonyl (C=O) groups excluding carboxylic acids is 1. The molecule has 1 atom stereocenters. The Morgan fingerprint density at radius 1 is 1.31 bits per heavy atom. The first kappa shape index (κ1) is 18.5. The van der Waals surface area contributed by atoms with E-state index in [-0.39, 0.29) is 19.1 Å². The number of hydrogen-bond acceptors (Lipinski definition) is 4. The number of likely N-dealkylation sites (tertiary alicyclic amines) is 1. The zero-order valence-electron chi connectivity index (χ0n) is 16.0. The Kier molecular flexibility index (Phi) is 5.05. The fourth-order valence-electron chi connectivity index (χ4n) is 3.40. The molecule has 0 radical (unpaired) electrons. The van der Waals surface area contributed by atoms with Crippen LogP contribution in [-0.4, -0.2) is 51.0 Å². The van der Waals surface area contributed by atoms with Crippen LogP contribution < -0.4 is 4.74 Å². The molecule has 1 aromatic carbocycles. The first-order chi connectivity index (χ1) is 12.3. The van der Waals surface area contributed by atoms with E-state index >= 15 is 0 Å². The minimum atomic E-state index is -1.04. The van der Waals surface area contributed by atoms with Gasteiger partial charge in [-0.05, 0) is 56.9 Å². The number of amides is 1. The van der Waals surface area contributed by atoms with Crippen LogP contribution in [0.5, 0.6) is 5.75 Å². The van der Waals surface area contributed by atoms with E-state index in [4.69, 9.17) is 4.74 Å². The number of aliphatic hydroxyl groups is 1. The zero-order valence-corrected chi connectivity index (χ0v) is 16.0. The summed E-state index contributed by atoms with van der Waals surface area (Å²) in [6.45, 7) is 6.99. The van der Waals surface area contributed by atoms with E-state index in [2.05, 4.69) is 12.0 Å². The van der Waals surface area contributed by atoms with E-state index < -0.39 is 5.60 Å². The summed E-state index contributed by atoms with van der Waals surface area (Å²) in [6.07, 6.45) is 3.10. The number of nitrogens with zero attached hydrogens (tertiary/aromatic N) is 3. The summed E-state index contributed by atoms with van der Waals surface area (Å²) in [5.41, 5.74) is 2.62. The molecule has 2 aromatic rings. The number of rotatable bonds is 4. The summed E-state index contributed by atoms with van der Waals surface area (Å²) in [7, 11) is 1.80. The fourth-order valence-corrected chi connectivity index (χ4v) is 3.40. The molecule has 1 unspecified atom stereocenters. The van der Waals surface area contributed by atoms with Crippen LogP contribution in [0.3, 0.4) is 0 Å². The summed E-state index contributed by atoms with van der Waals surface area (Å²) in [5.74, 6) is 0.660. The Bertz CT molecular complexity index is 815. The van der Waals surface area contributed by atoms with Crippen molar-refractivity contribution in [3.8, 4) is 5.75 Å². The van der Waals surface area contributed by atoms with E-state index in [1.54, 1.807) is 22.8 Å². The summed E-state index contributed by atoms with van der Waals surface area (Å²) in [5, 5.41) is 15.2. The molecule has 26 heavy (non-hydrogen) atoms. The van der Waals surface area contributed by atoms with Gasteiger partial charge in [-0.1, -0.05) is 6.07 Å². The summed E-state index contributed by atoms with van der Waals surface area (Å²) >= 11 is 0. The van der Waals surface area contributed by atoms with Crippen molar-refractivity contribution < 1.29 is 14.6 Å². The topological polar surface area (TPSA) is 67.6 Å². The van der Waals surface area contributed by atoms with Crippen LogP contribution in [0.15, 0.2) is 24.4 Å². The molecule has 1 aliphatic heterocycles. The highest BCUT2D eigenvalue weighted by Gasteiger charge is 2.37. The second kappa shape index (κ2) is 7.11. The molecule has 1 fully saturated rings. The van der Waals surface area contributed by atoms with E-state index in [9.17, 15) is 9.90 Å². The Labute approximate surface area is 154 Å². The van der Waals surface area contributed by atoms with Crippen molar-refractivity contribution in [3.63, 3.8) is 0 Å².